The zero-order valence-electron chi connectivity index (χ0n) is 34.0. The van der Waals surface area contributed by atoms with E-state index in [0.29, 0.717) is 67.7 Å². The topological polar surface area (TPSA) is 215 Å². The number of aliphatic hydroxyl groups is 3. The Hall–Kier alpha value is -4.48. The first kappa shape index (κ1) is 48.7. The van der Waals surface area contributed by atoms with Crippen LogP contribution in [0.1, 0.15) is 73.2 Å². The largest absolute Gasteiger partial charge is 0.394 e. The molecule has 316 valence electrons. The van der Waals surface area contributed by atoms with E-state index in [4.69, 9.17) is 24.7 Å². The number of benzene rings is 2. The van der Waals surface area contributed by atoms with Gasteiger partial charge in [-0.1, -0.05) is 32.4 Å². The Labute approximate surface area is 336 Å². The smallest absolute Gasteiger partial charge is 0.255 e. The van der Waals surface area contributed by atoms with Gasteiger partial charge < -0.3 is 55.5 Å². The molecule has 0 fully saturated rings. The van der Waals surface area contributed by atoms with Crippen molar-refractivity contribution < 1.29 is 48.7 Å². The van der Waals surface area contributed by atoms with Gasteiger partial charge >= 0.3 is 0 Å². The summed E-state index contributed by atoms with van der Waals surface area (Å²) in [5.74, 6) is -1.27. The summed E-state index contributed by atoms with van der Waals surface area (Å²) in [6.45, 7) is 11.2. The van der Waals surface area contributed by atoms with Crippen LogP contribution in [-0.2, 0) is 30.2 Å². The highest BCUT2D eigenvalue weighted by atomic mass is 16.6. The molecular formula is C42H63N5O10. The zero-order valence-corrected chi connectivity index (χ0v) is 34.0. The first-order valence-corrected chi connectivity index (χ1v) is 19.6. The molecule has 0 saturated carbocycles. The number of nitrogens with one attached hydrogen (secondary N) is 2. The molecule has 0 radical (unpaired) electrons. The van der Waals surface area contributed by atoms with Crippen molar-refractivity contribution in [3.05, 3.63) is 77.5 Å². The Kier molecular flexibility index (Phi) is 23.9. The maximum atomic E-state index is 13.4. The molecule has 0 bridgehead atoms. The number of aryl methyl sites for hydroxylation is 1. The van der Waals surface area contributed by atoms with Gasteiger partial charge in [0, 0.05) is 54.7 Å². The molecule has 15 nitrogen and oxygen atoms in total. The molecule has 3 rings (SSSR count). The second kappa shape index (κ2) is 28.0. The van der Waals surface area contributed by atoms with E-state index in [9.17, 15) is 29.7 Å². The minimum Gasteiger partial charge on any atom is -0.394 e. The van der Waals surface area contributed by atoms with E-state index < -0.39 is 37.2 Å². The highest BCUT2D eigenvalue weighted by Crippen LogP contribution is 2.32. The maximum Gasteiger partial charge on any atom is 0.255 e. The summed E-state index contributed by atoms with van der Waals surface area (Å²) in [4.78, 5) is 43.9. The predicted octanol–water partition coefficient (Wildman–Crippen LogP) is 3.58. The predicted molar refractivity (Wildman–Crippen MR) is 220 cm³/mol. The van der Waals surface area contributed by atoms with Crippen molar-refractivity contribution in [2.75, 3.05) is 96.0 Å². The van der Waals surface area contributed by atoms with E-state index in [2.05, 4.69) is 48.2 Å². The highest BCUT2D eigenvalue weighted by Gasteiger charge is 2.29. The Morgan fingerprint density at radius 1 is 0.754 bits per heavy atom. The van der Waals surface area contributed by atoms with Crippen molar-refractivity contribution in [1.29, 1.82) is 0 Å². The van der Waals surface area contributed by atoms with E-state index in [0.717, 1.165) is 37.2 Å². The molecule has 0 aliphatic rings. The lowest BCUT2D eigenvalue weighted by Gasteiger charge is -2.28. The summed E-state index contributed by atoms with van der Waals surface area (Å²) >= 11 is 0. The van der Waals surface area contributed by atoms with Gasteiger partial charge in [0.1, 0.15) is 5.54 Å². The van der Waals surface area contributed by atoms with Gasteiger partial charge in [-0.05, 0) is 74.7 Å². The van der Waals surface area contributed by atoms with Gasteiger partial charge in [-0.3, -0.25) is 19.4 Å². The van der Waals surface area contributed by atoms with Crippen LogP contribution in [0.5, 0.6) is 0 Å². The second-order valence-electron chi connectivity index (χ2n) is 13.2. The number of nitrogens with two attached hydrogens (primary N) is 1. The summed E-state index contributed by atoms with van der Waals surface area (Å²) in [7, 11) is 0. The van der Waals surface area contributed by atoms with Crippen LogP contribution in [0, 0.1) is 0 Å². The lowest BCUT2D eigenvalue weighted by atomic mass is 10.0. The van der Waals surface area contributed by atoms with Crippen LogP contribution < -0.4 is 21.3 Å². The molecule has 7 N–H and O–H groups in total. The number of hydrogen-bond donors (Lipinski definition) is 6. The lowest BCUT2D eigenvalue weighted by molar-refractivity contribution is -0.126. The first-order chi connectivity index (χ1) is 27.6. The fourth-order valence-electron chi connectivity index (χ4n) is 5.36. The van der Waals surface area contributed by atoms with Crippen LogP contribution in [0.3, 0.4) is 0 Å². The molecule has 0 spiro atoms. The van der Waals surface area contributed by atoms with Crippen LogP contribution in [0.2, 0.25) is 0 Å². The summed E-state index contributed by atoms with van der Waals surface area (Å²) in [6, 6.07) is 16.4. The zero-order chi connectivity index (χ0) is 41.9. The summed E-state index contributed by atoms with van der Waals surface area (Å²) in [5, 5.41) is 33.2. The van der Waals surface area contributed by atoms with Gasteiger partial charge in [-0.15, -0.1) is 0 Å². The fraction of sp³-hybridized carbons (Fsp3) is 0.524. The van der Waals surface area contributed by atoms with Crippen LogP contribution in [0.25, 0.3) is 11.3 Å². The van der Waals surface area contributed by atoms with Crippen molar-refractivity contribution in [2.24, 2.45) is 5.73 Å². The Balaban J connectivity index is 0.00000362. The minimum absolute atomic E-state index is 0.0132. The summed E-state index contributed by atoms with van der Waals surface area (Å²) in [6.07, 6.45) is 4.29. The number of pyridine rings is 1. The number of carbonyl (C=O) groups excluding carboxylic acids is 3. The van der Waals surface area contributed by atoms with Crippen molar-refractivity contribution in [2.45, 2.75) is 58.9 Å². The van der Waals surface area contributed by atoms with Gasteiger partial charge in [0.05, 0.1) is 77.5 Å². The number of nitrogens with zero attached hydrogens (tertiary/aromatic N) is 2. The van der Waals surface area contributed by atoms with Crippen molar-refractivity contribution in [1.82, 2.24) is 10.3 Å². The Bertz CT molecular complexity index is 1610. The van der Waals surface area contributed by atoms with Gasteiger partial charge in [-0.25, -0.2) is 0 Å². The molecule has 0 atom stereocenters. The molecule has 57 heavy (non-hydrogen) atoms. The lowest BCUT2D eigenvalue weighted by Crippen LogP contribution is -2.57. The van der Waals surface area contributed by atoms with E-state index >= 15 is 0 Å². The molecular weight excluding hydrogens is 734 g/mol. The standard InChI is InChI=1S/C39H55N5O10.C3H8/c1-3-44(4-2)32-10-11-34(33(25-32)35-24-30(37(40)49)12-14-41-35)42-38(50)31-9-5-7-29(23-31)8-6-15-51-17-19-53-21-22-54-20-18-52-16-13-36(48)43-39(26-45,27-46)28-47;1-3-2/h5,7,9-12,14,23-25,45-47H,3-4,6,8,13,15-22,26-28H2,1-2H3,(H2,40,49)(H,42,50)(H,43,48);3H2,1-2H3. The number of anilines is 2. The third kappa shape index (κ3) is 17.7. The number of ether oxygens (including phenoxy) is 4. The molecule has 1 heterocycles. The molecule has 15 heteroatoms. The highest BCUT2D eigenvalue weighted by molar-refractivity contribution is 6.06. The number of primary amides is 1. The van der Waals surface area contributed by atoms with E-state index in [1.807, 2.05) is 36.4 Å². The van der Waals surface area contributed by atoms with Crippen LogP contribution in [0.15, 0.2) is 60.8 Å². The van der Waals surface area contributed by atoms with E-state index in [-0.39, 0.29) is 25.5 Å². The summed E-state index contributed by atoms with van der Waals surface area (Å²) < 4.78 is 22.0. The van der Waals surface area contributed by atoms with E-state index in [1.54, 1.807) is 18.2 Å². The van der Waals surface area contributed by atoms with Crippen molar-refractivity contribution in [3.63, 3.8) is 0 Å². The normalized spacial score (nSPS) is 11.1. The summed E-state index contributed by atoms with van der Waals surface area (Å²) in [5.41, 5.74) is 8.68. The number of hydrogen-bond acceptors (Lipinski definition) is 12. The molecule has 3 aromatic rings. The molecule has 0 saturated heterocycles. The van der Waals surface area contributed by atoms with Crippen molar-refractivity contribution >= 4 is 29.1 Å². The maximum absolute atomic E-state index is 13.4. The average molecular weight is 798 g/mol. The molecule has 0 aliphatic carbocycles. The number of aromatic nitrogens is 1. The van der Waals surface area contributed by atoms with Crippen LogP contribution in [0.4, 0.5) is 11.4 Å². The number of amides is 3. The first-order valence-electron chi connectivity index (χ1n) is 19.6. The Morgan fingerprint density at radius 2 is 1.35 bits per heavy atom. The molecule has 3 amide bonds. The van der Waals surface area contributed by atoms with Gasteiger partial charge in [0.2, 0.25) is 11.8 Å². The third-order valence-electron chi connectivity index (χ3n) is 8.55. The number of carbonyl (C=O) groups is 3. The fourth-order valence-corrected chi connectivity index (χ4v) is 5.36. The molecule has 0 aliphatic heterocycles. The second-order valence-corrected chi connectivity index (χ2v) is 13.2. The Morgan fingerprint density at radius 3 is 1.93 bits per heavy atom. The van der Waals surface area contributed by atoms with Gasteiger partial charge in [-0.2, -0.15) is 0 Å². The monoisotopic (exact) mass is 797 g/mol. The number of rotatable bonds is 27. The van der Waals surface area contributed by atoms with Crippen LogP contribution in [-0.4, -0.2) is 129 Å². The van der Waals surface area contributed by atoms with Gasteiger partial charge in [0.25, 0.3) is 5.91 Å². The number of aliphatic hydroxyl groups excluding tert-OH is 3. The average Bonchev–Trinajstić information content (AvgIpc) is 3.22. The van der Waals surface area contributed by atoms with Gasteiger partial charge in [0.15, 0.2) is 0 Å². The van der Waals surface area contributed by atoms with E-state index in [1.165, 1.54) is 12.6 Å². The minimum atomic E-state index is -1.45. The molecule has 1 aromatic heterocycles. The molecule has 2 aromatic carbocycles. The van der Waals surface area contributed by atoms with Crippen molar-refractivity contribution in [3.8, 4) is 11.3 Å². The third-order valence-corrected chi connectivity index (χ3v) is 8.55. The molecule has 0 unspecified atom stereocenters. The van der Waals surface area contributed by atoms with Crippen LogP contribution >= 0.6 is 0 Å². The SMILES string of the molecule is CCC.CCN(CC)c1ccc(NC(=O)c2cccc(CCCOCCOCCOCCOCCC(=O)NC(CO)(CO)CO)c2)c(-c2cc(C(N)=O)ccn2)c1. The quantitative estimate of drug-likeness (QED) is 0.0611.